The van der Waals surface area contributed by atoms with E-state index in [0.29, 0.717) is 62.1 Å². The zero-order valence-electron chi connectivity index (χ0n) is 21.8. The topological polar surface area (TPSA) is 106 Å². The van der Waals surface area contributed by atoms with Crippen molar-refractivity contribution in [2.75, 3.05) is 49.7 Å². The summed E-state index contributed by atoms with van der Waals surface area (Å²) in [5.41, 5.74) is 1.40. The van der Waals surface area contributed by atoms with Gasteiger partial charge in [-0.1, -0.05) is 11.2 Å². The van der Waals surface area contributed by atoms with E-state index in [-0.39, 0.29) is 17.4 Å². The molecular formula is C28H29F3N4O5. The largest absolute Gasteiger partial charge is 0.416 e. The van der Waals surface area contributed by atoms with Gasteiger partial charge in [0.2, 0.25) is 5.76 Å². The summed E-state index contributed by atoms with van der Waals surface area (Å²) < 4.78 is 57.0. The van der Waals surface area contributed by atoms with Gasteiger partial charge in [0.15, 0.2) is 0 Å². The molecule has 3 aromatic rings. The molecule has 3 heterocycles. The van der Waals surface area contributed by atoms with Crippen molar-refractivity contribution in [1.82, 2.24) is 10.5 Å². The van der Waals surface area contributed by atoms with Crippen molar-refractivity contribution in [3.8, 4) is 11.3 Å². The van der Waals surface area contributed by atoms with E-state index in [9.17, 15) is 22.8 Å². The van der Waals surface area contributed by atoms with Gasteiger partial charge < -0.3 is 29.5 Å². The van der Waals surface area contributed by atoms with Crippen LogP contribution in [-0.2, 0) is 15.7 Å². The van der Waals surface area contributed by atoms with E-state index in [1.165, 1.54) is 12.1 Å². The minimum atomic E-state index is -4.62. The molecule has 2 saturated heterocycles. The summed E-state index contributed by atoms with van der Waals surface area (Å²) in [5, 5.41) is 9.47. The summed E-state index contributed by atoms with van der Waals surface area (Å²) in [4.78, 5) is 27.4. The Morgan fingerprint density at radius 1 is 1.05 bits per heavy atom. The summed E-state index contributed by atoms with van der Waals surface area (Å²) in [6.45, 7) is 4.52. The van der Waals surface area contributed by atoms with Crippen LogP contribution >= 0.6 is 0 Å². The smallest absolute Gasteiger partial charge is 0.378 e. The van der Waals surface area contributed by atoms with Gasteiger partial charge in [0.25, 0.3) is 11.8 Å². The maximum Gasteiger partial charge on any atom is 0.416 e. The molecule has 9 nitrogen and oxygen atoms in total. The van der Waals surface area contributed by atoms with E-state index < -0.39 is 23.6 Å². The fourth-order valence-corrected chi connectivity index (χ4v) is 4.70. The highest BCUT2D eigenvalue weighted by Gasteiger charge is 2.32. The average molecular weight is 559 g/mol. The van der Waals surface area contributed by atoms with E-state index in [1.54, 1.807) is 23.1 Å². The normalized spacial score (nSPS) is 17.6. The Bertz CT molecular complexity index is 1380. The summed E-state index contributed by atoms with van der Waals surface area (Å²) in [7, 11) is 0. The molecule has 2 aliphatic heterocycles. The fraction of sp³-hybridized carbons (Fsp3) is 0.393. The number of hydrogen-bond acceptors (Lipinski definition) is 7. The number of halogens is 3. The van der Waals surface area contributed by atoms with Gasteiger partial charge >= 0.3 is 6.18 Å². The number of rotatable bonds is 7. The zero-order valence-corrected chi connectivity index (χ0v) is 21.8. The Morgan fingerprint density at radius 2 is 1.85 bits per heavy atom. The van der Waals surface area contributed by atoms with Crippen LogP contribution in [-0.4, -0.2) is 62.5 Å². The summed E-state index contributed by atoms with van der Waals surface area (Å²) in [6.07, 6.45) is -2.79. The SMILES string of the molecule is Cc1ccc(NC(=O)c2cc(N3CCOCC3)cc(C(F)(F)F)c2)cc1-c1cc(C(=O)NCC2CCCO2)on1. The summed E-state index contributed by atoms with van der Waals surface area (Å²) in [5.74, 6) is -1.08. The molecule has 2 fully saturated rings. The Balaban J connectivity index is 1.33. The lowest BCUT2D eigenvalue weighted by Gasteiger charge is -2.29. The molecular weight excluding hydrogens is 529 g/mol. The fourth-order valence-electron chi connectivity index (χ4n) is 4.70. The van der Waals surface area contributed by atoms with Gasteiger partial charge in [-0.2, -0.15) is 13.2 Å². The molecule has 2 aromatic carbocycles. The van der Waals surface area contributed by atoms with Crippen LogP contribution in [0, 0.1) is 6.92 Å². The molecule has 0 spiro atoms. The van der Waals surface area contributed by atoms with E-state index in [0.717, 1.165) is 30.5 Å². The molecule has 0 saturated carbocycles. The highest BCUT2D eigenvalue weighted by Crippen LogP contribution is 2.34. The third-order valence-corrected chi connectivity index (χ3v) is 6.90. The number of anilines is 2. The number of alkyl halides is 3. The second-order valence-corrected chi connectivity index (χ2v) is 9.77. The molecule has 2 aliphatic rings. The highest BCUT2D eigenvalue weighted by atomic mass is 19.4. The van der Waals surface area contributed by atoms with Crippen molar-refractivity contribution < 1.29 is 36.8 Å². The van der Waals surface area contributed by atoms with E-state index in [4.69, 9.17) is 14.0 Å². The first kappa shape index (κ1) is 27.7. The van der Waals surface area contributed by atoms with Gasteiger partial charge in [-0.3, -0.25) is 9.59 Å². The number of ether oxygens (including phenoxy) is 2. The van der Waals surface area contributed by atoms with Crippen LogP contribution in [0.3, 0.4) is 0 Å². The first-order valence-electron chi connectivity index (χ1n) is 13.0. The molecule has 1 unspecified atom stereocenters. The second kappa shape index (κ2) is 11.7. The number of morpholine rings is 1. The number of nitrogens with zero attached hydrogens (tertiary/aromatic N) is 2. The molecule has 0 bridgehead atoms. The first-order chi connectivity index (χ1) is 19.2. The van der Waals surface area contributed by atoms with E-state index in [1.807, 2.05) is 6.92 Å². The number of amides is 2. The third-order valence-electron chi connectivity index (χ3n) is 6.90. The van der Waals surface area contributed by atoms with Crippen molar-refractivity contribution in [2.24, 2.45) is 0 Å². The molecule has 1 aromatic heterocycles. The van der Waals surface area contributed by atoms with Gasteiger partial charge in [0.05, 0.1) is 24.9 Å². The van der Waals surface area contributed by atoms with Gasteiger partial charge in [-0.25, -0.2) is 0 Å². The van der Waals surface area contributed by atoms with Crippen LogP contribution in [0.25, 0.3) is 11.3 Å². The Morgan fingerprint density at radius 3 is 2.58 bits per heavy atom. The molecule has 0 radical (unpaired) electrons. The maximum atomic E-state index is 13.7. The van der Waals surface area contributed by atoms with Crippen molar-refractivity contribution in [2.45, 2.75) is 32.0 Å². The maximum absolute atomic E-state index is 13.7. The number of nitrogens with one attached hydrogen (secondary N) is 2. The lowest BCUT2D eigenvalue weighted by Crippen LogP contribution is -2.36. The van der Waals surface area contributed by atoms with Crippen molar-refractivity contribution >= 4 is 23.2 Å². The molecule has 40 heavy (non-hydrogen) atoms. The molecule has 212 valence electrons. The first-order valence-corrected chi connectivity index (χ1v) is 13.0. The van der Waals surface area contributed by atoms with E-state index >= 15 is 0 Å². The lowest BCUT2D eigenvalue weighted by molar-refractivity contribution is -0.137. The average Bonchev–Trinajstić information content (AvgIpc) is 3.65. The van der Waals surface area contributed by atoms with Crippen molar-refractivity contribution in [3.63, 3.8) is 0 Å². The summed E-state index contributed by atoms with van der Waals surface area (Å²) >= 11 is 0. The predicted molar refractivity (Wildman–Crippen MR) is 140 cm³/mol. The van der Waals surface area contributed by atoms with Crippen LogP contribution in [0.2, 0.25) is 0 Å². The molecule has 1 atom stereocenters. The minimum absolute atomic E-state index is 0.0179. The number of aromatic nitrogens is 1. The summed E-state index contributed by atoms with van der Waals surface area (Å²) in [6, 6.07) is 9.85. The Labute approximate surface area is 228 Å². The van der Waals surface area contributed by atoms with Crippen molar-refractivity contribution in [3.05, 3.63) is 64.9 Å². The zero-order chi connectivity index (χ0) is 28.3. The predicted octanol–water partition coefficient (Wildman–Crippen LogP) is 4.67. The van der Waals surface area contributed by atoms with E-state index in [2.05, 4.69) is 15.8 Å². The van der Waals surface area contributed by atoms with Crippen LogP contribution in [0.15, 0.2) is 47.0 Å². The van der Waals surface area contributed by atoms with Crippen LogP contribution in [0.1, 0.15) is 44.9 Å². The minimum Gasteiger partial charge on any atom is -0.378 e. The lowest BCUT2D eigenvalue weighted by atomic mass is 10.0. The number of carbonyl (C=O) groups excluding carboxylic acids is 2. The van der Waals surface area contributed by atoms with Crippen LogP contribution < -0.4 is 15.5 Å². The van der Waals surface area contributed by atoms with Gasteiger partial charge in [0, 0.05) is 54.8 Å². The number of benzene rings is 2. The number of hydrogen-bond donors (Lipinski definition) is 2. The van der Waals surface area contributed by atoms with Gasteiger partial charge in [-0.05, 0) is 55.7 Å². The molecule has 12 heteroatoms. The molecule has 5 rings (SSSR count). The van der Waals surface area contributed by atoms with Crippen LogP contribution in [0.5, 0.6) is 0 Å². The number of carbonyl (C=O) groups is 2. The molecule has 0 aliphatic carbocycles. The second-order valence-electron chi connectivity index (χ2n) is 9.77. The molecule has 2 amide bonds. The quantitative estimate of drug-likeness (QED) is 0.434. The van der Waals surface area contributed by atoms with Crippen molar-refractivity contribution in [1.29, 1.82) is 0 Å². The van der Waals surface area contributed by atoms with Gasteiger partial charge in [0.1, 0.15) is 5.69 Å². The van der Waals surface area contributed by atoms with Crippen LogP contribution in [0.4, 0.5) is 24.5 Å². The number of aryl methyl sites for hydroxylation is 1. The Hall–Kier alpha value is -3.90. The standard InChI is InChI=1S/C28H29F3N4O5/c1-17-4-5-20(14-23(17)24-15-25(40-34-24)27(37)32-16-22-3-2-8-39-22)33-26(36)18-11-19(28(29,30)31)13-21(12-18)35-6-9-38-10-7-35/h4-5,11-15,22H,2-3,6-10,16H2,1H3,(H,32,37)(H,33,36). The molecule has 2 N–H and O–H groups in total. The van der Waals surface area contributed by atoms with Gasteiger partial charge in [-0.15, -0.1) is 0 Å². The third kappa shape index (κ3) is 6.45. The Kier molecular flexibility index (Phi) is 8.08. The monoisotopic (exact) mass is 558 g/mol. The highest BCUT2D eigenvalue weighted by molar-refractivity contribution is 6.05.